The summed E-state index contributed by atoms with van der Waals surface area (Å²) in [5, 5.41) is 3.53. The van der Waals surface area contributed by atoms with E-state index < -0.39 is 0 Å². The van der Waals surface area contributed by atoms with Crippen molar-refractivity contribution in [2.75, 3.05) is 46.8 Å². The van der Waals surface area contributed by atoms with E-state index in [-0.39, 0.29) is 0 Å². The molecule has 1 heterocycles. The van der Waals surface area contributed by atoms with Gasteiger partial charge in [-0.3, -0.25) is 4.90 Å². The lowest BCUT2D eigenvalue weighted by atomic mass is 9.93. The van der Waals surface area contributed by atoms with Crippen LogP contribution in [0.1, 0.15) is 26.7 Å². The van der Waals surface area contributed by atoms with Gasteiger partial charge in [-0.1, -0.05) is 13.8 Å². The molecule has 0 amide bonds. The number of piperidine rings is 1. The van der Waals surface area contributed by atoms with Crippen molar-refractivity contribution < 1.29 is 0 Å². The molecule has 1 fully saturated rings. The zero-order chi connectivity index (χ0) is 12.0. The molecule has 0 aliphatic carbocycles. The van der Waals surface area contributed by atoms with Gasteiger partial charge >= 0.3 is 0 Å². The molecule has 0 radical (unpaired) electrons. The van der Waals surface area contributed by atoms with Crippen molar-refractivity contribution in [1.29, 1.82) is 0 Å². The monoisotopic (exact) mass is 227 g/mol. The molecule has 1 rings (SSSR count). The van der Waals surface area contributed by atoms with E-state index in [1.54, 1.807) is 0 Å². The molecule has 0 aromatic rings. The van der Waals surface area contributed by atoms with Crippen molar-refractivity contribution >= 4 is 0 Å². The fraction of sp³-hybridized carbons (Fsp3) is 1.00. The van der Waals surface area contributed by atoms with Crippen molar-refractivity contribution in [2.45, 2.75) is 32.7 Å². The Morgan fingerprint density at radius 1 is 1.25 bits per heavy atom. The molecule has 1 aliphatic rings. The molecule has 0 spiro atoms. The van der Waals surface area contributed by atoms with E-state index in [0.29, 0.717) is 0 Å². The third-order valence-electron chi connectivity index (χ3n) is 3.71. The highest BCUT2D eigenvalue weighted by molar-refractivity contribution is 4.83. The first-order chi connectivity index (χ1) is 7.65. The second-order valence-corrected chi connectivity index (χ2v) is 5.32. The van der Waals surface area contributed by atoms with Gasteiger partial charge in [0.25, 0.3) is 0 Å². The molecule has 3 heteroatoms. The fourth-order valence-corrected chi connectivity index (χ4v) is 2.61. The van der Waals surface area contributed by atoms with Gasteiger partial charge < -0.3 is 10.2 Å². The highest BCUT2D eigenvalue weighted by Crippen LogP contribution is 2.17. The number of rotatable bonds is 6. The molecule has 1 N–H and O–H groups in total. The van der Waals surface area contributed by atoms with Gasteiger partial charge in [0, 0.05) is 12.6 Å². The molecule has 96 valence electrons. The predicted octanol–water partition coefficient (Wildman–Crippen LogP) is 1.26. The van der Waals surface area contributed by atoms with E-state index in [0.717, 1.165) is 12.0 Å². The fourth-order valence-electron chi connectivity index (χ4n) is 2.61. The van der Waals surface area contributed by atoms with Crippen LogP contribution in [0.5, 0.6) is 0 Å². The van der Waals surface area contributed by atoms with Gasteiger partial charge in [0.15, 0.2) is 0 Å². The third-order valence-corrected chi connectivity index (χ3v) is 3.71. The molecular formula is C13H29N3. The van der Waals surface area contributed by atoms with Crippen molar-refractivity contribution in [2.24, 2.45) is 5.92 Å². The van der Waals surface area contributed by atoms with Crippen LogP contribution in [-0.2, 0) is 0 Å². The quantitative estimate of drug-likeness (QED) is 0.737. The smallest absolute Gasteiger partial charge is 0.0246 e. The van der Waals surface area contributed by atoms with E-state index in [9.17, 15) is 0 Å². The van der Waals surface area contributed by atoms with Crippen LogP contribution in [0, 0.1) is 5.92 Å². The Labute approximate surface area is 101 Å². The normalized spacial score (nSPS) is 26.6. The Morgan fingerprint density at radius 2 is 2.00 bits per heavy atom. The Balaban J connectivity index is 2.33. The molecule has 0 aromatic heterocycles. The van der Waals surface area contributed by atoms with E-state index in [1.807, 2.05) is 0 Å². The standard InChI is InChI=1S/C13H29N3/c1-5-16(10-6-9-15(3)4)13-11-14-8-7-12(13)2/h12-14H,5-11H2,1-4H3. The molecule has 1 aliphatic heterocycles. The number of nitrogens with zero attached hydrogens (tertiary/aromatic N) is 2. The first-order valence-electron chi connectivity index (χ1n) is 6.74. The predicted molar refractivity (Wildman–Crippen MR) is 70.9 cm³/mol. The summed E-state index contributed by atoms with van der Waals surface area (Å²) in [6.45, 7) is 10.7. The van der Waals surface area contributed by atoms with Crippen molar-refractivity contribution in [3.63, 3.8) is 0 Å². The number of likely N-dealkylation sites (N-methyl/N-ethyl adjacent to an activating group) is 1. The summed E-state index contributed by atoms with van der Waals surface area (Å²) < 4.78 is 0. The average Bonchev–Trinajstić information content (AvgIpc) is 2.25. The largest absolute Gasteiger partial charge is 0.315 e. The highest BCUT2D eigenvalue weighted by atomic mass is 15.2. The zero-order valence-corrected chi connectivity index (χ0v) is 11.5. The van der Waals surface area contributed by atoms with Gasteiger partial charge in [0.1, 0.15) is 0 Å². The molecule has 0 aromatic carbocycles. The van der Waals surface area contributed by atoms with Gasteiger partial charge in [-0.05, 0) is 59.0 Å². The maximum Gasteiger partial charge on any atom is 0.0246 e. The lowest BCUT2D eigenvalue weighted by Crippen LogP contribution is -2.50. The summed E-state index contributed by atoms with van der Waals surface area (Å²) in [5.74, 6) is 0.848. The minimum absolute atomic E-state index is 0.751. The maximum absolute atomic E-state index is 3.53. The van der Waals surface area contributed by atoms with Crippen molar-refractivity contribution in [3.8, 4) is 0 Å². The Kier molecular flexibility index (Phi) is 6.32. The van der Waals surface area contributed by atoms with E-state index in [2.05, 4.69) is 43.1 Å². The second kappa shape index (κ2) is 7.25. The maximum atomic E-state index is 3.53. The summed E-state index contributed by atoms with van der Waals surface area (Å²) in [5.41, 5.74) is 0. The molecule has 2 unspecified atom stereocenters. The molecule has 0 saturated carbocycles. The van der Waals surface area contributed by atoms with E-state index in [1.165, 1.54) is 45.6 Å². The third kappa shape index (κ3) is 4.40. The molecule has 0 bridgehead atoms. The minimum Gasteiger partial charge on any atom is -0.315 e. The second-order valence-electron chi connectivity index (χ2n) is 5.32. The number of hydrogen-bond donors (Lipinski definition) is 1. The van der Waals surface area contributed by atoms with E-state index in [4.69, 9.17) is 0 Å². The highest BCUT2D eigenvalue weighted by Gasteiger charge is 2.25. The lowest BCUT2D eigenvalue weighted by Gasteiger charge is -2.38. The van der Waals surface area contributed by atoms with Crippen LogP contribution in [0.4, 0.5) is 0 Å². The van der Waals surface area contributed by atoms with Crippen molar-refractivity contribution in [3.05, 3.63) is 0 Å². The van der Waals surface area contributed by atoms with Crippen LogP contribution in [0.25, 0.3) is 0 Å². The van der Waals surface area contributed by atoms with Crippen molar-refractivity contribution in [1.82, 2.24) is 15.1 Å². The van der Waals surface area contributed by atoms with Crippen LogP contribution >= 0.6 is 0 Å². The Bertz CT molecular complexity index is 182. The lowest BCUT2D eigenvalue weighted by molar-refractivity contribution is 0.124. The number of hydrogen-bond acceptors (Lipinski definition) is 3. The van der Waals surface area contributed by atoms with Crippen LogP contribution in [-0.4, -0.2) is 62.7 Å². The van der Waals surface area contributed by atoms with Gasteiger partial charge in [-0.25, -0.2) is 0 Å². The first kappa shape index (κ1) is 13.9. The molecule has 16 heavy (non-hydrogen) atoms. The van der Waals surface area contributed by atoms with E-state index >= 15 is 0 Å². The molecular weight excluding hydrogens is 198 g/mol. The minimum atomic E-state index is 0.751. The van der Waals surface area contributed by atoms with Crippen LogP contribution in [0.3, 0.4) is 0 Å². The summed E-state index contributed by atoms with van der Waals surface area (Å²) in [6, 6.07) is 0.751. The number of nitrogens with one attached hydrogen (secondary N) is 1. The average molecular weight is 227 g/mol. The van der Waals surface area contributed by atoms with Gasteiger partial charge in [-0.2, -0.15) is 0 Å². The first-order valence-corrected chi connectivity index (χ1v) is 6.74. The summed E-state index contributed by atoms with van der Waals surface area (Å²) in [6.07, 6.45) is 2.61. The summed E-state index contributed by atoms with van der Waals surface area (Å²) >= 11 is 0. The van der Waals surface area contributed by atoms with Gasteiger partial charge in [0.2, 0.25) is 0 Å². The summed E-state index contributed by atoms with van der Waals surface area (Å²) in [7, 11) is 4.31. The van der Waals surface area contributed by atoms with Crippen LogP contribution < -0.4 is 5.32 Å². The van der Waals surface area contributed by atoms with Gasteiger partial charge in [0.05, 0.1) is 0 Å². The van der Waals surface area contributed by atoms with Crippen LogP contribution in [0.15, 0.2) is 0 Å². The SMILES string of the molecule is CCN(CCCN(C)C)C1CNCCC1C. The Morgan fingerprint density at radius 3 is 2.56 bits per heavy atom. The zero-order valence-electron chi connectivity index (χ0n) is 11.5. The topological polar surface area (TPSA) is 18.5 Å². The summed E-state index contributed by atoms with van der Waals surface area (Å²) in [4.78, 5) is 4.93. The molecule has 1 saturated heterocycles. The van der Waals surface area contributed by atoms with Gasteiger partial charge in [-0.15, -0.1) is 0 Å². The molecule has 2 atom stereocenters. The Hall–Kier alpha value is -0.120. The van der Waals surface area contributed by atoms with Crippen LogP contribution in [0.2, 0.25) is 0 Å². The molecule has 3 nitrogen and oxygen atoms in total.